The third-order valence-corrected chi connectivity index (χ3v) is 3.47. The standard InChI is InChI=1S/C12H14N4OS/c1-8-5-6-18-10(8)3-4-11(17)15-9(2)12-13-7-14-16-12/h3-7,9H,1-2H3,(H,15,17)(H,13,14,16)/b4-3+. The predicted octanol–water partition coefficient (Wildman–Crippen LogP) is 2.07. The first kappa shape index (κ1) is 12.5. The molecular weight excluding hydrogens is 248 g/mol. The van der Waals surface area contributed by atoms with E-state index in [1.807, 2.05) is 31.4 Å². The molecule has 0 bridgehead atoms. The summed E-state index contributed by atoms with van der Waals surface area (Å²) >= 11 is 1.61. The molecule has 2 aromatic heterocycles. The Morgan fingerprint density at radius 3 is 3.06 bits per heavy atom. The van der Waals surface area contributed by atoms with Crippen LogP contribution in [-0.4, -0.2) is 21.1 Å². The minimum absolute atomic E-state index is 0.147. The Morgan fingerprint density at radius 2 is 2.44 bits per heavy atom. The van der Waals surface area contributed by atoms with Crippen molar-refractivity contribution in [3.63, 3.8) is 0 Å². The zero-order valence-corrected chi connectivity index (χ0v) is 11.0. The molecule has 0 fully saturated rings. The normalized spacial score (nSPS) is 12.8. The van der Waals surface area contributed by atoms with E-state index in [-0.39, 0.29) is 11.9 Å². The molecule has 0 aliphatic rings. The van der Waals surface area contributed by atoms with Crippen LogP contribution in [-0.2, 0) is 4.79 Å². The molecule has 0 saturated heterocycles. The Balaban J connectivity index is 1.93. The van der Waals surface area contributed by atoms with Gasteiger partial charge in [-0.3, -0.25) is 9.89 Å². The molecule has 0 aliphatic heterocycles. The fraction of sp³-hybridized carbons (Fsp3) is 0.250. The third kappa shape index (κ3) is 3.04. The Labute approximate surface area is 109 Å². The number of nitrogens with one attached hydrogen (secondary N) is 2. The maximum Gasteiger partial charge on any atom is 0.244 e. The number of carbonyl (C=O) groups is 1. The van der Waals surface area contributed by atoms with Crippen molar-refractivity contribution in [3.05, 3.63) is 40.1 Å². The van der Waals surface area contributed by atoms with E-state index >= 15 is 0 Å². The first-order valence-electron chi connectivity index (χ1n) is 5.54. The zero-order chi connectivity index (χ0) is 13.0. The summed E-state index contributed by atoms with van der Waals surface area (Å²) in [6, 6.07) is 1.84. The van der Waals surface area contributed by atoms with Crippen molar-refractivity contribution in [2.24, 2.45) is 0 Å². The SMILES string of the molecule is Cc1ccsc1/C=C/C(=O)NC(C)c1ncn[nH]1. The van der Waals surface area contributed by atoms with Gasteiger partial charge in [-0.2, -0.15) is 5.10 Å². The monoisotopic (exact) mass is 262 g/mol. The van der Waals surface area contributed by atoms with E-state index in [1.165, 1.54) is 18.0 Å². The number of aryl methyl sites for hydroxylation is 1. The first-order valence-corrected chi connectivity index (χ1v) is 6.42. The Hall–Kier alpha value is -1.95. The van der Waals surface area contributed by atoms with Crippen LogP contribution in [0.15, 0.2) is 23.8 Å². The van der Waals surface area contributed by atoms with Gasteiger partial charge in [-0.15, -0.1) is 11.3 Å². The van der Waals surface area contributed by atoms with Crippen molar-refractivity contribution in [2.45, 2.75) is 19.9 Å². The molecule has 0 radical (unpaired) electrons. The summed E-state index contributed by atoms with van der Waals surface area (Å²) in [5.74, 6) is 0.496. The van der Waals surface area contributed by atoms with E-state index in [0.717, 1.165) is 4.88 Å². The lowest BCUT2D eigenvalue weighted by molar-refractivity contribution is -0.117. The van der Waals surface area contributed by atoms with Gasteiger partial charge in [0.25, 0.3) is 0 Å². The zero-order valence-electron chi connectivity index (χ0n) is 10.2. The summed E-state index contributed by atoms with van der Waals surface area (Å²) in [4.78, 5) is 16.8. The fourth-order valence-corrected chi connectivity index (χ4v) is 2.28. The molecule has 5 nitrogen and oxygen atoms in total. The number of nitrogens with zero attached hydrogens (tertiary/aromatic N) is 2. The number of carbonyl (C=O) groups excluding carboxylic acids is 1. The molecule has 6 heteroatoms. The Morgan fingerprint density at radius 1 is 1.61 bits per heavy atom. The number of amides is 1. The minimum atomic E-state index is -0.186. The summed E-state index contributed by atoms with van der Waals surface area (Å²) in [6.45, 7) is 3.87. The fourth-order valence-electron chi connectivity index (χ4n) is 1.46. The van der Waals surface area contributed by atoms with Gasteiger partial charge in [0.1, 0.15) is 12.2 Å². The first-order chi connectivity index (χ1) is 8.66. The van der Waals surface area contributed by atoms with E-state index in [0.29, 0.717) is 5.82 Å². The van der Waals surface area contributed by atoms with Crippen LogP contribution in [0.25, 0.3) is 6.08 Å². The molecule has 18 heavy (non-hydrogen) atoms. The van der Waals surface area contributed by atoms with Crippen molar-refractivity contribution >= 4 is 23.3 Å². The van der Waals surface area contributed by atoms with Crippen molar-refractivity contribution in [2.75, 3.05) is 0 Å². The highest BCUT2D eigenvalue weighted by Gasteiger charge is 2.09. The lowest BCUT2D eigenvalue weighted by Gasteiger charge is -2.08. The van der Waals surface area contributed by atoms with Crippen LogP contribution in [0.5, 0.6) is 0 Å². The average molecular weight is 262 g/mol. The molecule has 0 aromatic carbocycles. The maximum atomic E-state index is 11.7. The third-order valence-electron chi connectivity index (χ3n) is 2.49. The molecule has 1 atom stereocenters. The van der Waals surface area contributed by atoms with Gasteiger partial charge >= 0.3 is 0 Å². The lowest BCUT2D eigenvalue weighted by atomic mass is 10.2. The number of aromatic amines is 1. The summed E-state index contributed by atoms with van der Waals surface area (Å²) in [5, 5.41) is 11.3. The predicted molar refractivity (Wildman–Crippen MR) is 71.0 cm³/mol. The quantitative estimate of drug-likeness (QED) is 0.829. The van der Waals surface area contributed by atoms with E-state index in [9.17, 15) is 4.79 Å². The molecule has 0 spiro atoms. The summed E-state index contributed by atoms with van der Waals surface area (Å²) < 4.78 is 0. The van der Waals surface area contributed by atoms with Crippen LogP contribution >= 0.6 is 11.3 Å². The van der Waals surface area contributed by atoms with Gasteiger partial charge in [0.2, 0.25) is 5.91 Å². The molecule has 2 rings (SSSR count). The molecule has 2 heterocycles. The average Bonchev–Trinajstić information content (AvgIpc) is 2.97. The van der Waals surface area contributed by atoms with Gasteiger partial charge < -0.3 is 5.32 Å². The topological polar surface area (TPSA) is 70.7 Å². The van der Waals surface area contributed by atoms with Crippen LogP contribution in [0, 0.1) is 6.92 Å². The van der Waals surface area contributed by atoms with E-state index in [1.54, 1.807) is 11.3 Å². The Kier molecular flexibility index (Phi) is 3.88. The molecule has 1 unspecified atom stereocenters. The van der Waals surface area contributed by atoms with E-state index in [2.05, 4.69) is 20.5 Å². The molecule has 2 N–H and O–H groups in total. The minimum Gasteiger partial charge on any atom is -0.343 e. The number of hydrogen-bond acceptors (Lipinski definition) is 4. The lowest BCUT2D eigenvalue weighted by Crippen LogP contribution is -2.25. The Bertz CT molecular complexity index is 544. The van der Waals surface area contributed by atoms with Crippen LogP contribution < -0.4 is 5.32 Å². The highest BCUT2D eigenvalue weighted by atomic mass is 32.1. The van der Waals surface area contributed by atoms with Gasteiger partial charge in [-0.1, -0.05) is 0 Å². The van der Waals surface area contributed by atoms with Crippen LogP contribution in [0.2, 0.25) is 0 Å². The number of hydrogen-bond donors (Lipinski definition) is 2. The molecule has 94 valence electrons. The smallest absolute Gasteiger partial charge is 0.244 e. The van der Waals surface area contributed by atoms with Crippen LogP contribution in [0.1, 0.15) is 29.2 Å². The second-order valence-corrected chi connectivity index (χ2v) is 4.85. The van der Waals surface area contributed by atoms with Gasteiger partial charge in [-0.05, 0) is 36.9 Å². The van der Waals surface area contributed by atoms with Crippen molar-refractivity contribution in [1.29, 1.82) is 0 Å². The molecule has 0 aliphatic carbocycles. The van der Waals surface area contributed by atoms with E-state index < -0.39 is 0 Å². The molecule has 2 aromatic rings. The van der Waals surface area contributed by atoms with E-state index in [4.69, 9.17) is 0 Å². The molecular formula is C12H14N4OS. The summed E-state index contributed by atoms with van der Waals surface area (Å²) in [5.41, 5.74) is 1.17. The van der Waals surface area contributed by atoms with Gasteiger partial charge in [0.05, 0.1) is 6.04 Å². The van der Waals surface area contributed by atoms with Gasteiger partial charge in [0, 0.05) is 11.0 Å². The second-order valence-electron chi connectivity index (χ2n) is 3.90. The molecule has 1 amide bonds. The summed E-state index contributed by atoms with van der Waals surface area (Å²) in [6.07, 6.45) is 4.77. The van der Waals surface area contributed by atoms with Crippen LogP contribution in [0.4, 0.5) is 0 Å². The van der Waals surface area contributed by atoms with Crippen molar-refractivity contribution < 1.29 is 4.79 Å². The van der Waals surface area contributed by atoms with Crippen LogP contribution in [0.3, 0.4) is 0 Å². The number of rotatable bonds is 4. The van der Waals surface area contributed by atoms with Gasteiger partial charge in [0.15, 0.2) is 0 Å². The van der Waals surface area contributed by atoms with Crippen molar-refractivity contribution in [3.8, 4) is 0 Å². The van der Waals surface area contributed by atoms with Crippen molar-refractivity contribution in [1.82, 2.24) is 20.5 Å². The number of thiophene rings is 1. The highest BCUT2D eigenvalue weighted by Crippen LogP contribution is 2.16. The number of H-pyrrole nitrogens is 1. The second kappa shape index (κ2) is 5.59. The molecule has 0 saturated carbocycles. The largest absolute Gasteiger partial charge is 0.343 e. The maximum absolute atomic E-state index is 11.7. The van der Waals surface area contributed by atoms with Gasteiger partial charge in [-0.25, -0.2) is 4.98 Å². The summed E-state index contributed by atoms with van der Waals surface area (Å²) in [7, 11) is 0. The highest BCUT2D eigenvalue weighted by molar-refractivity contribution is 7.11. The number of aromatic nitrogens is 3.